The first-order chi connectivity index (χ1) is 23.3. The molecule has 0 amide bonds. The molecule has 2 saturated heterocycles. The van der Waals surface area contributed by atoms with Crippen molar-refractivity contribution in [2.24, 2.45) is 5.41 Å². The molecule has 0 aromatic carbocycles. The number of aliphatic hydroxyl groups is 3. The zero-order chi connectivity index (χ0) is 36.0. The van der Waals surface area contributed by atoms with E-state index >= 15 is 0 Å². The normalized spacial score (nSPS) is 33.9. The fraction of sp³-hybridized carbons (Fsp3) is 0.806. The number of cyclic esters (lactones) is 1. The van der Waals surface area contributed by atoms with Gasteiger partial charge in [-0.25, -0.2) is 4.79 Å². The van der Waals surface area contributed by atoms with Gasteiger partial charge >= 0.3 is 17.9 Å². The van der Waals surface area contributed by atoms with Crippen molar-refractivity contribution in [3.63, 3.8) is 0 Å². The van der Waals surface area contributed by atoms with E-state index in [2.05, 4.69) is 6.92 Å². The smallest absolute Gasteiger partial charge is 0.330 e. The van der Waals surface area contributed by atoms with Crippen LogP contribution in [0.25, 0.3) is 0 Å². The van der Waals surface area contributed by atoms with Crippen molar-refractivity contribution in [1.82, 2.24) is 0 Å². The van der Waals surface area contributed by atoms with Crippen LogP contribution >= 0.6 is 0 Å². The Morgan fingerprint density at radius 3 is 2.49 bits per heavy atom. The number of carbonyl (C=O) groups excluding carboxylic acids is 3. The van der Waals surface area contributed by atoms with E-state index in [0.717, 1.165) is 25.7 Å². The third kappa shape index (κ3) is 12.7. The van der Waals surface area contributed by atoms with Crippen molar-refractivity contribution in [3.05, 3.63) is 23.8 Å². The number of esters is 3. The van der Waals surface area contributed by atoms with E-state index in [1.54, 1.807) is 26.0 Å². The molecule has 3 N–H and O–H groups in total. The number of hydrogen-bond donors (Lipinski definition) is 3. The van der Waals surface area contributed by atoms with E-state index < -0.39 is 65.9 Å². The number of hydrogen-bond acceptors (Lipinski definition) is 13. The molecule has 3 rings (SSSR count). The summed E-state index contributed by atoms with van der Waals surface area (Å²) in [6.07, 6.45) is 3.77. The summed E-state index contributed by atoms with van der Waals surface area (Å²) < 4.78 is 40.5. The van der Waals surface area contributed by atoms with Gasteiger partial charge in [-0.2, -0.15) is 0 Å². The number of ether oxygens (including phenoxy) is 7. The second-order valence-corrected chi connectivity index (χ2v) is 13.8. The second kappa shape index (κ2) is 19.9. The number of aliphatic hydroxyl groups excluding tert-OH is 2. The molecule has 3 heterocycles. The average molecular weight is 699 g/mol. The van der Waals surface area contributed by atoms with Crippen LogP contribution in [0.5, 0.6) is 0 Å². The van der Waals surface area contributed by atoms with Crippen LogP contribution in [0.3, 0.4) is 0 Å². The molecular formula is C36H58O13. The van der Waals surface area contributed by atoms with Gasteiger partial charge in [-0.15, -0.1) is 0 Å². The van der Waals surface area contributed by atoms with Gasteiger partial charge in [0.2, 0.25) is 5.79 Å². The quantitative estimate of drug-likeness (QED) is 0.104. The molecule has 280 valence electrons. The topological polar surface area (TPSA) is 177 Å². The third-order valence-corrected chi connectivity index (χ3v) is 9.28. The number of rotatable bonds is 9. The number of fused-ring (bicyclic) bond motifs is 4. The van der Waals surface area contributed by atoms with E-state index in [9.17, 15) is 29.7 Å². The summed E-state index contributed by atoms with van der Waals surface area (Å²) in [5, 5.41) is 33.6. The summed E-state index contributed by atoms with van der Waals surface area (Å²) in [6.45, 7) is 8.01. The molecule has 0 spiro atoms. The summed E-state index contributed by atoms with van der Waals surface area (Å²) in [6, 6.07) is 0. The highest BCUT2D eigenvalue weighted by atomic mass is 16.7. The minimum absolute atomic E-state index is 0.0110. The van der Waals surface area contributed by atoms with Gasteiger partial charge in [0, 0.05) is 37.5 Å². The lowest BCUT2D eigenvalue weighted by Gasteiger charge is -2.51. The fourth-order valence-corrected chi connectivity index (χ4v) is 6.18. The monoisotopic (exact) mass is 698 g/mol. The number of unbranched alkanes of at least 4 members (excludes halogenated alkanes) is 4. The Balaban J connectivity index is 2.02. The Hall–Kier alpha value is -2.39. The molecule has 0 aromatic heterocycles. The van der Waals surface area contributed by atoms with Gasteiger partial charge in [-0.1, -0.05) is 52.5 Å². The van der Waals surface area contributed by atoms with Crippen molar-refractivity contribution in [1.29, 1.82) is 0 Å². The predicted molar refractivity (Wildman–Crippen MR) is 177 cm³/mol. The maximum atomic E-state index is 13.2. The SMILES string of the molecule is CCCCCCCC(=O)O[C@H]1/C(=C/C(=O)OC)C[C@H]2C[C@H]([C@@H](C)O)OC(=O)C[C@H](O)CCOCC[C@@H]3CCO[C@H](/C=C/C(C)(C)[C@]1(O)O2)O3. The van der Waals surface area contributed by atoms with Crippen LogP contribution in [0.2, 0.25) is 0 Å². The summed E-state index contributed by atoms with van der Waals surface area (Å²) in [7, 11) is 1.21. The third-order valence-electron chi connectivity index (χ3n) is 9.28. The molecule has 0 aliphatic carbocycles. The van der Waals surface area contributed by atoms with Crippen LogP contribution in [-0.4, -0.2) is 109 Å². The van der Waals surface area contributed by atoms with Crippen LogP contribution in [0.1, 0.15) is 105 Å². The zero-order valence-electron chi connectivity index (χ0n) is 29.8. The summed E-state index contributed by atoms with van der Waals surface area (Å²) in [4.78, 5) is 38.7. The van der Waals surface area contributed by atoms with Crippen LogP contribution < -0.4 is 0 Å². The highest BCUT2D eigenvalue weighted by Crippen LogP contribution is 2.47. The first-order valence-electron chi connectivity index (χ1n) is 17.8. The molecule has 3 aliphatic heterocycles. The predicted octanol–water partition coefficient (Wildman–Crippen LogP) is 3.79. The van der Waals surface area contributed by atoms with E-state index in [1.807, 2.05) is 0 Å². The van der Waals surface area contributed by atoms with Gasteiger partial charge in [0.05, 0.1) is 44.6 Å². The minimum Gasteiger partial charge on any atom is -0.466 e. The molecule has 0 saturated carbocycles. The lowest BCUT2D eigenvalue weighted by atomic mass is 9.74. The first-order valence-corrected chi connectivity index (χ1v) is 17.8. The van der Waals surface area contributed by atoms with Gasteiger partial charge < -0.3 is 48.5 Å². The molecular weight excluding hydrogens is 640 g/mol. The molecule has 8 atom stereocenters. The fourth-order valence-electron chi connectivity index (χ4n) is 6.18. The first kappa shape index (κ1) is 41.0. The summed E-state index contributed by atoms with van der Waals surface area (Å²) >= 11 is 0. The molecule has 0 aromatic rings. The van der Waals surface area contributed by atoms with Crippen LogP contribution in [0.15, 0.2) is 23.8 Å². The molecule has 3 aliphatic rings. The molecule has 2 fully saturated rings. The Morgan fingerprint density at radius 2 is 1.78 bits per heavy atom. The van der Waals surface area contributed by atoms with Crippen molar-refractivity contribution in [2.75, 3.05) is 26.9 Å². The minimum atomic E-state index is -2.25. The molecule has 0 radical (unpaired) electrons. The Bertz CT molecular complexity index is 1120. The van der Waals surface area contributed by atoms with Gasteiger partial charge in [-0.05, 0) is 50.7 Å². The lowest BCUT2D eigenvalue weighted by Crippen LogP contribution is -2.62. The Labute approximate surface area is 290 Å². The number of carbonyl (C=O) groups is 3. The molecule has 0 unspecified atom stereocenters. The van der Waals surface area contributed by atoms with Crippen LogP contribution in [0, 0.1) is 5.41 Å². The van der Waals surface area contributed by atoms with E-state index in [0.29, 0.717) is 32.5 Å². The largest absolute Gasteiger partial charge is 0.466 e. The Morgan fingerprint density at radius 1 is 1.06 bits per heavy atom. The van der Waals surface area contributed by atoms with E-state index in [-0.39, 0.29) is 50.4 Å². The van der Waals surface area contributed by atoms with E-state index in [1.165, 1.54) is 20.1 Å². The molecule has 13 nitrogen and oxygen atoms in total. The second-order valence-electron chi connectivity index (χ2n) is 13.8. The maximum absolute atomic E-state index is 13.2. The van der Waals surface area contributed by atoms with Crippen LogP contribution in [0.4, 0.5) is 0 Å². The summed E-state index contributed by atoms with van der Waals surface area (Å²) in [5.41, 5.74) is -1.05. The van der Waals surface area contributed by atoms with E-state index in [4.69, 9.17) is 33.2 Å². The molecule has 49 heavy (non-hydrogen) atoms. The van der Waals surface area contributed by atoms with Crippen molar-refractivity contribution >= 4 is 17.9 Å². The van der Waals surface area contributed by atoms with Gasteiger partial charge in [0.15, 0.2) is 12.4 Å². The molecule has 13 heteroatoms. The van der Waals surface area contributed by atoms with Crippen molar-refractivity contribution in [2.45, 2.75) is 153 Å². The average Bonchev–Trinajstić information content (AvgIpc) is 3.04. The Kier molecular flexibility index (Phi) is 16.6. The summed E-state index contributed by atoms with van der Waals surface area (Å²) in [5.74, 6) is -4.26. The number of methoxy groups -OCH3 is 1. The van der Waals surface area contributed by atoms with Crippen molar-refractivity contribution < 1.29 is 62.9 Å². The lowest BCUT2D eigenvalue weighted by molar-refractivity contribution is -0.327. The standard InChI is InChI=1S/C36H58O13/c1-6-7-8-9-10-11-30(39)48-34-25(21-31(40)43-5)20-28-23-29(24(2)37)47-32(41)22-26(38)13-17-44-18-14-27-15-19-45-33(46-27)12-16-35(3,4)36(34,42)49-28/h12,16,21,24,26-29,33-34,37-38,42H,6-11,13-15,17-20,22-23H2,1-5H3/b16-12+,25-21+/t24-,26-,27-,28+,29-,33+,34+,36-/m1/s1. The maximum Gasteiger partial charge on any atom is 0.330 e. The zero-order valence-corrected chi connectivity index (χ0v) is 29.8. The molecule has 4 bridgehead atoms. The van der Waals surface area contributed by atoms with Gasteiger partial charge in [-0.3, -0.25) is 9.59 Å². The highest BCUT2D eigenvalue weighted by molar-refractivity contribution is 5.83. The van der Waals surface area contributed by atoms with Crippen molar-refractivity contribution in [3.8, 4) is 0 Å². The van der Waals surface area contributed by atoms with Crippen LogP contribution in [-0.2, 0) is 47.5 Å². The highest BCUT2D eigenvalue weighted by Gasteiger charge is 2.57. The van der Waals surface area contributed by atoms with Gasteiger partial charge in [0.25, 0.3) is 0 Å². The van der Waals surface area contributed by atoms with Gasteiger partial charge in [0.1, 0.15) is 6.10 Å².